The third-order valence-electron chi connectivity index (χ3n) is 4.72. The van der Waals surface area contributed by atoms with Crippen LogP contribution in [0, 0.1) is 12.7 Å². The van der Waals surface area contributed by atoms with Gasteiger partial charge in [-0.15, -0.1) is 0 Å². The SMILES string of the molecule is Cc1cc(N2CCCC2)ccc1/C=C1/SC(=Nc2ccc(F)cc2)NC1=O. The number of thioether (sulfide) groups is 1. The van der Waals surface area contributed by atoms with E-state index in [1.807, 2.05) is 6.08 Å². The predicted octanol–water partition coefficient (Wildman–Crippen LogP) is 4.63. The van der Waals surface area contributed by atoms with Crippen molar-refractivity contribution in [2.45, 2.75) is 19.8 Å². The Morgan fingerprint density at radius 3 is 2.59 bits per heavy atom. The number of amides is 1. The summed E-state index contributed by atoms with van der Waals surface area (Å²) in [5.41, 5.74) is 4.02. The van der Waals surface area contributed by atoms with Crippen LogP contribution >= 0.6 is 11.8 Å². The fourth-order valence-corrected chi connectivity index (χ4v) is 4.08. The molecule has 4 rings (SSSR count). The number of hydrogen-bond donors (Lipinski definition) is 1. The summed E-state index contributed by atoms with van der Waals surface area (Å²) in [4.78, 5) is 19.6. The lowest BCUT2D eigenvalue weighted by Gasteiger charge is -2.18. The average molecular weight is 381 g/mol. The standard InChI is InChI=1S/C21H20FN3OS/c1-14-12-18(25-10-2-3-11-25)9-4-15(14)13-19-20(26)24-21(27-19)23-17-7-5-16(22)6-8-17/h4-9,12-13H,2-3,10-11H2,1H3,(H,23,24,26)/b19-13+. The van der Waals surface area contributed by atoms with Gasteiger partial charge in [0.25, 0.3) is 5.91 Å². The summed E-state index contributed by atoms with van der Waals surface area (Å²) in [6.45, 7) is 4.29. The lowest BCUT2D eigenvalue weighted by Crippen LogP contribution is -2.19. The van der Waals surface area contributed by atoms with Gasteiger partial charge in [0.1, 0.15) is 5.82 Å². The molecule has 2 saturated heterocycles. The molecule has 138 valence electrons. The van der Waals surface area contributed by atoms with Gasteiger partial charge in [-0.25, -0.2) is 9.38 Å². The molecular formula is C21H20FN3OS. The van der Waals surface area contributed by atoms with Gasteiger partial charge in [0, 0.05) is 18.8 Å². The molecule has 0 atom stereocenters. The first-order chi connectivity index (χ1) is 13.1. The maximum absolute atomic E-state index is 13.0. The fraction of sp³-hybridized carbons (Fsp3) is 0.238. The molecule has 0 unspecified atom stereocenters. The lowest BCUT2D eigenvalue weighted by molar-refractivity contribution is -0.115. The minimum atomic E-state index is -0.310. The molecule has 2 aromatic carbocycles. The Hall–Kier alpha value is -2.60. The molecule has 4 nitrogen and oxygen atoms in total. The Bertz CT molecular complexity index is 931. The summed E-state index contributed by atoms with van der Waals surface area (Å²) in [6, 6.07) is 12.2. The van der Waals surface area contributed by atoms with Crippen molar-refractivity contribution >= 4 is 40.3 Å². The van der Waals surface area contributed by atoms with E-state index < -0.39 is 0 Å². The van der Waals surface area contributed by atoms with Crippen molar-refractivity contribution in [3.8, 4) is 0 Å². The normalized spacial score (nSPS) is 19.9. The summed E-state index contributed by atoms with van der Waals surface area (Å²) in [7, 11) is 0. The highest BCUT2D eigenvalue weighted by atomic mass is 32.2. The molecule has 2 aliphatic rings. The second kappa shape index (κ2) is 7.56. The maximum atomic E-state index is 13.0. The zero-order chi connectivity index (χ0) is 18.8. The molecule has 2 fully saturated rings. The highest BCUT2D eigenvalue weighted by molar-refractivity contribution is 8.18. The minimum absolute atomic E-state index is 0.163. The third-order valence-corrected chi connectivity index (χ3v) is 5.63. The number of nitrogens with zero attached hydrogens (tertiary/aromatic N) is 2. The quantitative estimate of drug-likeness (QED) is 0.789. The second-order valence-corrected chi connectivity index (χ2v) is 7.72. The third kappa shape index (κ3) is 4.06. The summed E-state index contributed by atoms with van der Waals surface area (Å²) in [6.07, 6.45) is 4.39. The van der Waals surface area contributed by atoms with Crippen LogP contribution in [-0.4, -0.2) is 24.2 Å². The van der Waals surface area contributed by atoms with Gasteiger partial charge in [0.05, 0.1) is 10.6 Å². The average Bonchev–Trinajstić information content (AvgIpc) is 3.29. The van der Waals surface area contributed by atoms with E-state index >= 15 is 0 Å². The Morgan fingerprint density at radius 1 is 1.15 bits per heavy atom. The number of carbonyl (C=O) groups is 1. The number of hydrogen-bond acceptors (Lipinski definition) is 4. The van der Waals surface area contributed by atoms with Crippen LogP contribution in [0.2, 0.25) is 0 Å². The van der Waals surface area contributed by atoms with Crippen LogP contribution in [0.5, 0.6) is 0 Å². The molecule has 0 saturated carbocycles. The van der Waals surface area contributed by atoms with Gasteiger partial charge in [-0.2, -0.15) is 0 Å². The number of carbonyl (C=O) groups excluding carboxylic acids is 1. The molecule has 0 radical (unpaired) electrons. The summed E-state index contributed by atoms with van der Waals surface area (Å²) < 4.78 is 13.0. The summed E-state index contributed by atoms with van der Waals surface area (Å²) in [5.74, 6) is -0.473. The minimum Gasteiger partial charge on any atom is -0.372 e. The first-order valence-corrected chi connectivity index (χ1v) is 9.81. The monoisotopic (exact) mass is 381 g/mol. The van der Waals surface area contributed by atoms with Crippen molar-refractivity contribution in [2.24, 2.45) is 4.99 Å². The van der Waals surface area contributed by atoms with E-state index in [1.165, 1.54) is 42.4 Å². The molecule has 0 spiro atoms. The second-order valence-electron chi connectivity index (χ2n) is 6.69. The molecule has 1 amide bonds. The van der Waals surface area contributed by atoms with Crippen molar-refractivity contribution in [3.05, 3.63) is 64.3 Å². The fourth-order valence-electron chi connectivity index (χ4n) is 3.25. The highest BCUT2D eigenvalue weighted by Crippen LogP contribution is 2.30. The van der Waals surface area contributed by atoms with E-state index in [1.54, 1.807) is 12.1 Å². The van der Waals surface area contributed by atoms with Crippen LogP contribution in [0.25, 0.3) is 6.08 Å². The van der Waals surface area contributed by atoms with E-state index in [-0.39, 0.29) is 11.7 Å². The Morgan fingerprint density at radius 2 is 1.89 bits per heavy atom. The molecule has 0 aromatic heterocycles. The van der Waals surface area contributed by atoms with Crippen LogP contribution < -0.4 is 10.2 Å². The Kier molecular flexibility index (Phi) is 4.99. The number of nitrogens with one attached hydrogen (secondary N) is 1. The zero-order valence-electron chi connectivity index (χ0n) is 15.0. The molecule has 27 heavy (non-hydrogen) atoms. The Labute approximate surface area is 162 Å². The van der Waals surface area contributed by atoms with Gasteiger partial charge in [-0.3, -0.25) is 4.79 Å². The molecule has 2 aromatic rings. The summed E-state index contributed by atoms with van der Waals surface area (Å²) in [5, 5.41) is 3.27. The zero-order valence-corrected chi connectivity index (χ0v) is 15.9. The van der Waals surface area contributed by atoms with E-state index in [0.29, 0.717) is 15.8 Å². The topological polar surface area (TPSA) is 44.7 Å². The van der Waals surface area contributed by atoms with Crippen molar-refractivity contribution in [1.29, 1.82) is 0 Å². The van der Waals surface area contributed by atoms with Gasteiger partial charge in [-0.05, 0) is 85.1 Å². The van der Waals surface area contributed by atoms with Gasteiger partial charge in [-0.1, -0.05) is 6.07 Å². The number of rotatable bonds is 3. The largest absolute Gasteiger partial charge is 0.372 e. The van der Waals surface area contributed by atoms with Crippen LogP contribution in [-0.2, 0) is 4.79 Å². The van der Waals surface area contributed by atoms with Crippen LogP contribution in [0.15, 0.2) is 52.4 Å². The lowest BCUT2D eigenvalue weighted by atomic mass is 10.1. The Balaban J connectivity index is 1.53. The number of benzene rings is 2. The van der Waals surface area contributed by atoms with Crippen molar-refractivity contribution in [2.75, 3.05) is 18.0 Å². The molecular weight excluding hydrogens is 361 g/mol. The number of anilines is 1. The number of aliphatic imine (C=N–C) groups is 1. The van der Waals surface area contributed by atoms with Crippen LogP contribution in [0.3, 0.4) is 0 Å². The smallest absolute Gasteiger partial charge is 0.264 e. The number of aryl methyl sites for hydroxylation is 1. The molecule has 2 aliphatic heterocycles. The highest BCUT2D eigenvalue weighted by Gasteiger charge is 2.24. The molecule has 0 bridgehead atoms. The van der Waals surface area contributed by atoms with E-state index in [2.05, 4.69) is 40.3 Å². The van der Waals surface area contributed by atoms with Gasteiger partial charge in [0.15, 0.2) is 5.17 Å². The number of halogens is 1. The van der Waals surface area contributed by atoms with Crippen molar-refractivity contribution in [3.63, 3.8) is 0 Å². The first-order valence-electron chi connectivity index (χ1n) is 8.99. The van der Waals surface area contributed by atoms with Crippen LogP contribution in [0.4, 0.5) is 15.8 Å². The van der Waals surface area contributed by atoms with Gasteiger partial charge < -0.3 is 10.2 Å². The predicted molar refractivity (Wildman–Crippen MR) is 110 cm³/mol. The van der Waals surface area contributed by atoms with E-state index in [4.69, 9.17) is 0 Å². The number of amidine groups is 1. The first kappa shape index (κ1) is 17.8. The summed E-state index contributed by atoms with van der Waals surface area (Å²) >= 11 is 1.30. The van der Waals surface area contributed by atoms with Crippen molar-refractivity contribution < 1.29 is 9.18 Å². The molecule has 0 aliphatic carbocycles. The van der Waals surface area contributed by atoms with Gasteiger partial charge >= 0.3 is 0 Å². The maximum Gasteiger partial charge on any atom is 0.264 e. The molecule has 1 N–H and O–H groups in total. The molecule has 2 heterocycles. The van der Waals surface area contributed by atoms with E-state index in [9.17, 15) is 9.18 Å². The van der Waals surface area contributed by atoms with Crippen molar-refractivity contribution in [1.82, 2.24) is 5.32 Å². The van der Waals surface area contributed by atoms with Crippen LogP contribution in [0.1, 0.15) is 24.0 Å². The van der Waals surface area contributed by atoms with Gasteiger partial charge in [0.2, 0.25) is 0 Å². The molecule has 6 heteroatoms. The van der Waals surface area contributed by atoms with E-state index in [0.717, 1.165) is 24.2 Å².